The average Bonchev–Trinajstić information content (AvgIpc) is 2.65. The maximum absolute atomic E-state index is 13.1. The molecular weight excluding hydrogens is 352 g/mol. The van der Waals surface area contributed by atoms with E-state index in [1.54, 1.807) is 10.8 Å². The number of rotatable bonds is 8. The molecule has 148 valence electrons. The lowest BCUT2D eigenvalue weighted by molar-refractivity contribution is 0.402. The van der Waals surface area contributed by atoms with Gasteiger partial charge in [-0.2, -0.15) is 4.98 Å². The fraction of sp³-hybridized carbons (Fsp3) is 0.381. The molecule has 0 spiro atoms. The molecular formula is C21H28N6O. The van der Waals surface area contributed by atoms with Crippen LogP contribution in [0.4, 0.5) is 11.8 Å². The molecule has 3 rings (SSSR count). The van der Waals surface area contributed by atoms with E-state index in [1.165, 1.54) is 5.56 Å². The highest BCUT2D eigenvalue weighted by molar-refractivity contribution is 5.89. The van der Waals surface area contributed by atoms with Gasteiger partial charge in [-0.1, -0.05) is 37.6 Å². The van der Waals surface area contributed by atoms with Crippen LogP contribution in [0, 0.1) is 0 Å². The molecule has 0 radical (unpaired) electrons. The van der Waals surface area contributed by atoms with Crippen LogP contribution in [0.25, 0.3) is 10.9 Å². The minimum atomic E-state index is -0.117. The van der Waals surface area contributed by atoms with Crippen molar-refractivity contribution in [3.63, 3.8) is 0 Å². The summed E-state index contributed by atoms with van der Waals surface area (Å²) in [6.45, 7) is 4.24. The van der Waals surface area contributed by atoms with Crippen LogP contribution in [0.1, 0.15) is 30.9 Å². The number of nitrogens with two attached hydrogens (primary N) is 1. The van der Waals surface area contributed by atoms with E-state index in [9.17, 15) is 4.79 Å². The van der Waals surface area contributed by atoms with Crippen molar-refractivity contribution < 1.29 is 0 Å². The summed E-state index contributed by atoms with van der Waals surface area (Å²) in [6, 6.07) is 10.1. The van der Waals surface area contributed by atoms with Crippen LogP contribution in [-0.4, -0.2) is 40.1 Å². The van der Waals surface area contributed by atoms with Crippen molar-refractivity contribution in [3.05, 3.63) is 58.0 Å². The third-order valence-electron chi connectivity index (χ3n) is 4.54. The number of anilines is 2. The molecule has 0 saturated heterocycles. The van der Waals surface area contributed by atoms with Gasteiger partial charge in [-0.3, -0.25) is 4.79 Å². The summed E-state index contributed by atoms with van der Waals surface area (Å²) in [4.78, 5) is 23.7. The lowest BCUT2D eigenvalue weighted by Crippen LogP contribution is -2.22. The number of nitrogens with one attached hydrogen (secondary N) is 1. The molecule has 0 atom stereocenters. The number of aromatic nitrogens is 3. The summed E-state index contributed by atoms with van der Waals surface area (Å²) < 4.78 is 1.69. The zero-order chi connectivity index (χ0) is 20.1. The summed E-state index contributed by atoms with van der Waals surface area (Å²) in [6.07, 6.45) is 3.81. The Hall–Kier alpha value is -2.93. The normalized spacial score (nSPS) is 11.3. The first kappa shape index (κ1) is 19.8. The summed E-state index contributed by atoms with van der Waals surface area (Å²) in [5.74, 6) is 0.678. The zero-order valence-corrected chi connectivity index (χ0v) is 16.8. The van der Waals surface area contributed by atoms with Gasteiger partial charge in [0, 0.05) is 19.3 Å². The summed E-state index contributed by atoms with van der Waals surface area (Å²) in [5, 5.41) is 3.72. The molecule has 2 heterocycles. The fourth-order valence-corrected chi connectivity index (χ4v) is 3.15. The minimum Gasteiger partial charge on any atom is -0.369 e. The van der Waals surface area contributed by atoms with Crippen molar-refractivity contribution in [2.45, 2.75) is 32.9 Å². The molecule has 0 bridgehead atoms. The van der Waals surface area contributed by atoms with Gasteiger partial charge in [0.25, 0.3) is 5.56 Å². The van der Waals surface area contributed by atoms with Crippen LogP contribution < -0.4 is 16.6 Å². The Morgan fingerprint density at radius 3 is 2.50 bits per heavy atom. The van der Waals surface area contributed by atoms with Gasteiger partial charge in [0.15, 0.2) is 0 Å². The van der Waals surface area contributed by atoms with E-state index in [0.29, 0.717) is 23.3 Å². The van der Waals surface area contributed by atoms with Gasteiger partial charge in [-0.15, -0.1) is 0 Å². The number of nitrogen functional groups attached to an aromatic ring is 1. The van der Waals surface area contributed by atoms with E-state index in [0.717, 1.165) is 31.5 Å². The first-order valence-corrected chi connectivity index (χ1v) is 9.61. The van der Waals surface area contributed by atoms with Crippen LogP contribution in [-0.2, 0) is 13.1 Å². The Morgan fingerprint density at radius 2 is 1.82 bits per heavy atom. The Labute approximate surface area is 165 Å². The monoisotopic (exact) mass is 380 g/mol. The fourth-order valence-electron chi connectivity index (χ4n) is 3.15. The molecule has 0 saturated carbocycles. The topological polar surface area (TPSA) is 89.1 Å². The molecule has 0 aliphatic rings. The second-order valence-electron chi connectivity index (χ2n) is 7.27. The second kappa shape index (κ2) is 8.84. The zero-order valence-electron chi connectivity index (χ0n) is 16.8. The Morgan fingerprint density at radius 1 is 1.11 bits per heavy atom. The lowest BCUT2D eigenvalue weighted by Gasteiger charge is -2.12. The van der Waals surface area contributed by atoms with Crippen molar-refractivity contribution in [1.82, 2.24) is 19.4 Å². The minimum absolute atomic E-state index is 0.117. The largest absolute Gasteiger partial charge is 0.369 e. The smallest absolute Gasteiger partial charge is 0.264 e. The summed E-state index contributed by atoms with van der Waals surface area (Å²) in [7, 11) is 4.09. The molecule has 0 unspecified atom stereocenters. The molecule has 7 heteroatoms. The highest BCUT2D eigenvalue weighted by Gasteiger charge is 2.12. The van der Waals surface area contributed by atoms with Crippen molar-refractivity contribution in [3.8, 4) is 0 Å². The predicted molar refractivity (Wildman–Crippen MR) is 115 cm³/mol. The van der Waals surface area contributed by atoms with E-state index >= 15 is 0 Å². The van der Waals surface area contributed by atoms with Crippen LogP contribution in [0.2, 0.25) is 0 Å². The summed E-state index contributed by atoms with van der Waals surface area (Å²) >= 11 is 0. The molecule has 1 aromatic carbocycles. The molecule has 7 nitrogen and oxygen atoms in total. The summed E-state index contributed by atoms with van der Waals surface area (Å²) in [5.41, 5.74) is 8.57. The Balaban J connectivity index is 1.91. The Bertz CT molecular complexity index is 994. The van der Waals surface area contributed by atoms with Gasteiger partial charge in [0.2, 0.25) is 5.95 Å². The predicted octanol–water partition coefficient (Wildman–Crippen LogP) is 2.70. The third-order valence-corrected chi connectivity index (χ3v) is 4.54. The first-order valence-electron chi connectivity index (χ1n) is 9.61. The number of hydrogen-bond donors (Lipinski definition) is 2. The number of fused-ring (bicyclic) bond motifs is 1. The molecule has 3 aromatic rings. The number of nitrogens with zero attached hydrogens (tertiary/aromatic N) is 4. The first-order chi connectivity index (χ1) is 13.5. The van der Waals surface area contributed by atoms with Gasteiger partial charge >= 0.3 is 0 Å². The van der Waals surface area contributed by atoms with E-state index in [1.807, 2.05) is 20.2 Å². The van der Waals surface area contributed by atoms with Crippen LogP contribution in [0.5, 0.6) is 0 Å². The molecule has 3 N–H and O–H groups in total. The van der Waals surface area contributed by atoms with Gasteiger partial charge in [-0.25, -0.2) is 4.98 Å². The average molecular weight is 380 g/mol. The molecule has 0 fully saturated rings. The van der Waals surface area contributed by atoms with E-state index < -0.39 is 0 Å². The number of unbranched alkanes of at least 4 members (excludes halogenated alkanes) is 1. The standard InChI is InChI=1S/C21H28N6O/c1-4-5-11-23-19-18-17(24-21(22)25-19)10-12-27(20(18)28)14-16-8-6-15(7-9-16)13-26(2)3/h6-10,12H,4-5,11,13-14H2,1-3H3,(H3,22,23,24,25). The van der Waals surface area contributed by atoms with E-state index in [2.05, 4.69) is 51.4 Å². The quantitative estimate of drug-likeness (QED) is 0.584. The lowest BCUT2D eigenvalue weighted by atomic mass is 10.1. The molecule has 0 aliphatic heterocycles. The van der Waals surface area contributed by atoms with Gasteiger partial charge < -0.3 is 20.5 Å². The molecule has 28 heavy (non-hydrogen) atoms. The van der Waals surface area contributed by atoms with Gasteiger partial charge in [0.05, 0.1) is 12.1 Å². The maximum atomic E-state index is 13.1. The van der Waals surface area contributed by atoms with Gasteiger partial charge in [0.1, 0.15) is 11.2 Å². The van der Waals surface area contributed by atoms with Crippen molar-refractivity contribution in [1.29, 1.82) is 0 Å². The van der Waals surface area contributed by atoms with Crippen LogP contribution in [0.3, 0.4) is 0 Å². The number of hydrogen-bond acceptors (Lipinski definition) is 6. The van der Waals surface area contributed by atoms with Crippen LogP contribution in [0.15, 0.2) is 41.3 Å². The maximum Gasteiger partial charge on any atom is 0.264 e. The van der Waals surface area contributed by atoms with E-state index in [-0.39, 0.29) is 11.5 Å². The SMILES string of the molecule is CCCCNc1nc(N)nc2ccn(Cc3ccc(CN(C)C)cc3)c(=O)c12. The van der Waals surface area contributed by atoms with Crippen molar-refractivity contribution in [2.24, 2.45) is 0 Å². The number of benzene rings is 1. The molecule has 0 aliphatic carbocycles. The van der Waals surface area contributed by atoms with Crippen molar-refractivity contribution in [2.75, 3.05) is 31.7 Å². The third kappa shape index (κ3) is 4.67. The Kier molecular flexibility index (Phi) is 6.26. The molecule has 2 aromatic heterocycles. The van der Waals surface area contributed by atoms with E-state index in [4.69, 9.17) is 5.73 Å². The number of pyridine rings is 1. The van der Waals surface area contributed by atoms with Crippen LogP contribution >= 0.6 is 0 Å². The highest BCUT2D eigenvalue weighted by atomic mass is 16.1. The molecule has 0 amide bonds. The van der Waals surface area contributed by atoms with Crippen molar-refractivity contribution >= 4 is 22.7 Å². The highest BCUT2D eigenvalue weighted by Crippen LogP contribution is 2.18. The second-order valence-corrected chi connectivity index (χ2v) is 7.27. The van der Waals surface area contributed by atoms with Gasteiger partial charge in [-0.05, 0) is 37.7 Å².